The molecule has 0 aliphatic heterocycles. The van der Waals surface area contributed by atoms with Crippen LogP contribution in [0.1, 0.15) is 37.7 Å². The van der Waals surface area contributed by atoms with Crippen molar-refractivity contribution in [3.05, 3.63) is 24.0 Å². The first-order valence-electron chi connectivity index (χ1n) is 5.25. The number of rotatable bonds is 5. The van der Waals surface area contributed by atoms with Crippen molar-refractivity contribution in [1.82, 2.24) is 4.98 Å². The molecule has 1 aromatic rings. The zero-order valence-electron chi connectivity index (χ0n) is 9.49. The number of ether oxygens (including phenoxy) is 1. The summed E-state index contributed by atoms with van der Waals surface area (Å²) in [5.41, 5.74) is 0.509. The van der Waals surface area contributed by atoms with Gasteiger partial charge in [0.25, 0.3) is 0 Å². The van der Waals surface area contributed by atoms with Gasteiger partial charge in [0, 0.05) is 6.42 Å². The van der Waals surface area contributed by atoms with E-state index in [1.807, 2.05) is 6.92 Å². The molecule has 0 aromatic carbocycles. The number of hydrogen-bond donors (Lipinski definition) is 0. The highest BCUT2D eigenvalue weighted by Crippen LogP contribution is 2.11. The van der Waals surface area contributed by atoms with E-state index in [9.17, 15) is 4.79 Å². The minimum atomic E-state index is 0.0606. The minimum absolute atomic E-state index is 0.0606. The summed E-state index contributed by atoms with van der Waals surface area (Å²) in [6.07, 6.45) is 2.09. The van der Waals surface area contributed by atoms with Gasteiger partial charge in [0.15, 0.2) is 5.78 Å². The van der Waals surface area contributed by atoms with Crippen LogP contribution in [0.15, 0.2) is 18.3 Å². The quantitative estimate of drug-likeness (QED) is 0.697. The van der Waals surface area contributed by atoms with Crippen LogP contribution in [0.4, 0.5) is 0 Å². The summed E-state index contributed by atoms with van der Waals surface area (Å²) in [5.74, 6) is 1.27. The lowest BCUT2D eigenvalue weighted by molar-refractivity contribution is 0.0983. The van der Waals surface area contributed by atoms with Gasteiger partial charge in [-0.05, 0) is 18.1 Å². The van der Waals surface area contributed by atoms with E-state index in [1.165, 1.54) is 0 Å². The monoisotopic (exact) mass is 207 g/mol. The van der Waals surface area contributed by atoms with E-state index in [4.69, 9.17) is 4.74 Å². The molecule has 0 atom stereocenters. The first-order chi connectivity index (χ1) is 7.13. The summed E-state index contributed by atoms with van der Waals surface area (Å²) in [6.45, 7) is 6.67. The van der Waals surface area contributed by atoms with Crippen molar-refractivity contribution in [2.75, 3.05) is 6.61 Å². The predicted molar refractivity (Wildman–Crippen MR) is 59.2 cm³/mol. The van der Waals surface area contributed by atoms with Crippen LogP contribution in [0.25, 0.3) is 0 Å². The average Bonchev–Trinajstić information content (AvgIpc) is 2.26. The molecule has 3 heteroatoms. The largest absolute Gasteiger partial charge is 0.492 e. The van der Waals surface area contributed by atoms with Crippen molar-refractivity contribution >= 4 is 5.78 Å². The molecule has 15 heavy (non-hydrogen) atoms. The van der Waals surface area contributed by atoms with Gasteiger partial charge in [-0.3, -0.25) is 4.79 Å². The summed E-state index contributed by atoms with van der Waals surface area (Å²) in [5, 5.41) is 0. The number of carbonyl (C=O) groups excluding carboxylic acids is 1. The highest BCUT2D eigenvalue weighted by Gasteiger charge is 2.04. The van der Waals surface area contributed by atoms with E-state index in [-0.39, 0.29) is 5.78 Å². The molecule has 82 valence electrons. The Labute approximate surface area is 90.5 Å². The van der Waals surface area contributed by atoms with E-state index in [0.29, 0.717) is 24.6 Å². The number of ketones is 1. The molecule has 0 N–H and O–H groups in total. The number of pyridine rings is 1. The van der Waals surface area contributed by atoms with Crippen molar-refractivity contribution in [3.63, 3.8) is 0 Å². The third-order valence-corrected chi connectivity index (χ3v) is 1.93. The van der Waals surface area contributed by atoms with Crippen LogP contribution < -0.4 is 4.74 Å². The molecule has 0 amide bonds. The second kappa shape index (κ2) is 5.49. The Morgan fingerprint density at radius 3 is 2.67 bits per heavy atom. The van der Waals surface area contributed by atoms with Gasteiger partial charge in [-0.15, -0.1) is 0 Å². The van der Waals surface area contributed by atoms with Crippen LogP contribution in [-0.2, 0) is 0 Å². The van der Waals surface area contributed by atoms with Gasteiger partial charge in [0.2, 0.25) is 0 Å². The van der Waals surface area contributed by atoms with Crippen molar-refractivity contribution in [3.8, 4) is 5.75 Å². The summed E-state index contributed by atoms with van der Waals surface area (Å²) >= 11 is 0. The predicted octanol–water partition coefficient (Wildman–Crippen LogP) is 2.71. The zero-order valence-corrected chi connectivity index (χ0v) is 9.49. The van der Waals surface area contributed by atoms with E-state index in [2.05, 4.69) is 18.8 Å². The number of hydrogen-bond acceptors (Lipinski definition) is 3. The first kappa shape index (κ1) is 11.7. The Hall–Kier alpha value is -1.38. The third-order valence-electron chi connectivity index (χ3n) is 1.93. The van der Waals surface area contributed by atoms with Gasteiger partial charge in [-0.25, -0.2) is 4.98 Å². The maximum Gasteiger partial charge on any atom is 0.180 e. The molecule has 0 aliphatic rings. The van der Waals surface area contributed by atoms with Crippen LogP contribution in [0.3, 0.4) is 0 Å². The number of carbonyl (C=O) groups is 1. The number of aromatic nitrogens is 1. The van der Waals surface area contributed by atoms with Gasteiger partial charge in [-0.2, -0.15) is 0 Å². The maximum absolute atomic E-state index is 11.3. The Kier molecular flexibility index (Phi) is 4.28. The van der Waals surface area contributed by atoms with E-state index in [1.54, 1.807) is 18.3 Å². The Morgan fingerprint density at radius 2 is 2.20 bits per heavy atom. The van der Waals surface area contributed by atoms with Crippen LogP contribution in [0, 0.1) is 5.92 Å². The van der Waals surface area contributed by atoms with E-state index < -0.39 is 0 Å². The summed E-state index contributed by atoms with van der Waals surface area (Å²) in [4.78, 5) is 15.3. The van der Waals surface area contributed by atoms with Gasteiger partial charge in [0.05, 0.1) is 12.8 Å². The van der Waals surface area contributed by atoms with Gasteiger partial charge in [-0.1, -0.05) is 20.8 Å². The average molecular weight is 207 g/mol. The zero-order chi connectivity index (χ0) is 11.3. The summed E-state index contributed by atoms with van der Waals surface area (Å²) < 4.78 is 5.46. The third kappa shape index (κ3) is 3.70. The highest BCUT2D eigenvalue weighted by atomic mass is 16.5. The molecule has 1 heterocycles. The van der Waals surface area contributed by atoms with E-state index >= 15 is 0 Å². The van der Waals surface area contributed by atoms with Crippen molar-refractivity contribution in [1.29, 1.82) is 0 Å². The Morgan fingerprint density at radius 1 is 1.47 bits per heavy atom. The standard InChI is InChI=1S/C12H17NO2/c1-4-12(14)11-6-5-10(7-13-11)15-8-9(2)3/h5-7,9H,4,8H2,1-3H3. The van der Waals surface area contributed by atoms with Crippen LogP contribution in [0.2, 0.25) is 0 Å². The molecule has 3 nitrogen and oxygen atoms in total. The summed E-state index contributed by atoms with van der Waals surface area (Å²) in [7, 11) is 0. The molecule has 0 unspecified atom stereocenters. The Bertz CT molecular complexity index is 317. The fourth-order valence-electron chi connectivity index (χ4n) is 1.07. The number of Topliss-reactive ketones (excluding diaryl/α,β-unsaturated/α-hetero) is 1. The Balaban J connectivity index is 2.60. The number of nitrogens with zero attached hydrogens (tertiary/aromatic N) is 1. The fourth-order valence-corrected chi connectivity index (χ4v) is 1.07. The van der Waals surface area contributed by atoms with Crippen LogP contribution >= 0.6 is 0 Å². The topological polar surface area (TPSA) is 39.2 Å². The molecular formula is C12H17NO2. The lowest BCUT2D eigenvalue weighted by Gasteiger charge is -2.08. The van der Waals surface area contributed by atoms with Crippen molar-refractivity contribution < 1.29 is 9.53 Å². The van der Waals surface area contributed by atoms with Gasteiger partial charge >= 0.3 is 0 Å². The molecule has 0 saturated heterocycles. The van der Waals surface area contributed by atoms with Crippen molar-refractivity contribution in [2.45, 2.75) is 27.2 Å². The molecule has 1 rings (SSSR count). The van der Waals surface area contributed by atoms with Crippen LogP contribution in [-0.4, -0.2) is 17.4 Å². The fraction of sp³-hybridized carbons (Fsp3) is 0.500. The lowest BCUT2D eigenvalue weighted by Crippen LogP contribution is -2.05. The molecular weight excluding hydrogens is 190 g/mol. The normalized spacial score (nSPS) is 10.4. The first-order valence-corrected chi connectivity index (χ1v) is 5.25. The summed E-state index contributed by atoms with van der Waals surface area (Å²) in [6, 6.07) is 3.50. The van der Waals surface area contributed by atoms with Gasteiger partial charge < -0.3 is 4.74 Å². The van der Waals surface area contributed by atoms with E-state index in [0.717, 1.165) is 5.75 Å². The second-order valence-corrected chi connectivity index (χ2v) is 3.86. The lowest BCUT2D eigenvalue weighted by atomic mass is 10.2. The molecule has 1 aromatic heterocycles. The highest BCUT2D eigenvalue weighted by molar-refractivity contribution is 5.93. The van der Waals surface area contributed by atoms with Crippen LogP contribution in [0.5, 0.6) is 5.75 Å². The molecule has 0 bridgehead atoms. The maximum atomic E-state index is 11.3. The van der Waals surface area contributed by atoms with Gasteiger partial charge in [0.1, 0.15) is 11.4 Å². The molecule has 0 spiro atoms. The molecule has 0 fully saturated rings. The second-order valence-electron chi connectivity index (χ2n) is 3.86. The van der Waals surface area contributed by atoms with Crippen molar-refractivity contribution in [2.24, 2.45) is 5.92 Å². The molecule has 0 aliphatic carbocycles. The minimum Gasteiger partial charge on any atom is -0.492 e. The SMILES string of the molecule is CCC(=O)c1ccc(OCC(C)C)cn1. The smallest absolute Gasteiger partial charge is 0.180 e. The molecule has 0 radical (unpaired) electrons. The molecule has 0 saturated carbocycles.